The van der Waals surface area contributed by atoms with Crippen molar-refractivity contribution < 1.29 is 14.6 Å². The quantitative estimate of drug-likeness (QED) is 0.850. The average Bonchev–Trinajstić information content (AvgIpc) is 2.24. The van der Waals surface area contributed by atoms with Crippen LogP contribution in [0.3, 0.4) is 0 Å². The maximum atomic E-state index is 9.99. The first-order valence-electron chi connectivity index (χ1n) is 5.52. The van der Waals surface area contributed by atoms with Crippen LogP contribution in [0.5, 0.6) is 11.5 Å². The van der Waals surface area contributed by atoms with Crippen LogP contribution in [0.25, 0.3) is 0 Å². The molecule has 1 heterocycles. The second-order valence-corrected chi connectivity index (χ2v) is 4.73. The zero-order valence-corrected chi connectivity index (χ0v) is 9.93. The largest absolute Gasteiger partial charge is 0.487 e. The lowest BCUT2D eigenvalue weighted by molar-refractivity contribution is 0.0113. The zero-order valence-electron chi connectivity index (χ0n) is 9.93. The van der Waals surface area contributed by atoms with Gasteiger partial charge in [0.15, 0.2) is 6.61 Å². The molecule has 1 aromatic rings. The molecule has 4 heteroatoms. The van der Waals surface area contributed by atoms with Gasteiger partial charge in [-0.15, -0.1) is 0 Å². The first kappa shape index (κ1) is 11.7. The zero-order chi connectivity index (χ0) is 12.5. The molecule has 0 aromatic heterocycles. The van der Waals surface area contributed by atoms with Gasteiger partial charge < -0.3 is 14.6 Å². The fraction of sp³-hybridized carbons (Fsp3) is 0.462. The maximum absolute atomic E-state index is 9.99. The summed E-state index contributed by atoms with van der Waals surface area (Å²) in [4.78, 5) is 0. The van der Waals surface area contributed by atoms with Crippen molar-refractivity contribution in [1.29, 1.82) is 5.26 Å². The molecule has 1 atom stereocenters. The highest BCUT2D eigenvalue weighted by Crippen LogP contribution is 2.40. The third kappa shape index (κ3) is 2.51. The molecule has 0 saturated heterocycles. The van der Waals surface area contributed by atoms with Gasteiger partial charge in [-0.05, 0) is 26.0 Å². The Morgan fingerprint density at radius 1 is 1.59 bits per heavy atom. The predicted octanol–water partition coefficient (Wildman–Crippen LogP) is 2.18. The van der Waals surface area contributed by atoms with E-state index in [1.54, 1.807) is 18.2 Å². The summed E-state index contributed by atoms with van der Waals surface area (Å²) in [6.45, 7) is 3.87. The van der Waals surface area contributed by atoms with Crippen molar-refractivity contribution in [3.8, 4) is 17.6 Å². The Kier molecular flexibility index (Phi) is 2.95. The van der Waals surface area contributed by atoms with Gasteiger partial charge >= 0.3 is 0 Å². The molecule has 1 unspecified atom stereocenters. The summed E-state index contributed by atoms with van der Waals surface area (Å²) in [6, 6.07) is 7.14. The monoisotopic (exact) mass is 233 g/mol. The second kappa shape index (κ2) is 4.27. The van der Waals surface area contributed by atoms with Crippen LogP contribution in [0.1, 0.15) is 31.9 Å². The molecule has 90 valence electrons. The first-order valence-corrected chi connectivity index (χ1v) is 5.52. The molecule has 1 aliphatic rings. The van der Waals surface area contributed by atoms with Gasteiger partial charge in [0, 0.05) is 18.1 Å². The Morgan fingerprint density at radius 3 is 3.06 bits per heavy atom. The number of hydrogen-bond donors (Lipinski definition) is 1. The van der Waals surface area contributed by atoms with E-state index in [4.69, 9.17) is 14.7 Å². The molecule has 0 spiro atoms. The van der Waals surface area contributed by atoms with Crippen LogP contribution in [0.4, 0.5) is 0 Å². The standard InChI is InChI=1S/C13H15NO3/c1-13(2)8-11(15)10-4-3-9(16-6-5-14)7-12(10)17-13/h3-4,7,11,15H,6,8H2,1-2H3. The van der Waals surface area contributed by atoms with E-state index in [9.17, 15) is 5.11 Å². The maximum Gasteiger partial charge on any atom is 0.174 e. The number of benzene rings is 1. The van der Waals surface area contributed by atoms with Crippen molar-refractivity contribution in [2.75, 3.05) is 6.61 Å². The summed E-state index contributed by atoms with van der Waals surface area (Å²) >= 11 is 0. The van der Waals surface area contributed by atoms with E-state index in [0.29, 0.717) is 17.9 Å². The number of fused-ring (bicyclic) bond motifs is 1. The Hall–Kier alpha value is -1.73. The Bertz CT molecular complexity index is 462. The van der Waals surface area contributed by atoms with E-state index in [-0.39, 0.29) is 12.2 Å². The third-order valence-corrected chi connectivity index (χ3v) is 2.72. The molecule has 0 fully saturated rings. The predicted molar refractivity (Wildman–Crippen MR) is 61.8 cm³/mol. The van der Waals surface area contributed by atoms with E-state index in [2.05, 4.69) is 0 Å². The van der Waals surface area contributed by atoms with Crippen molar-refractivity contribution in [2.24, 2.45) is 0 Å². The van der Waals surface area contributed by atoms with Gasteiger partial charge in [0.2, 0.25) is 0 Å². The summed E-state index contributed by atoms with van der Waals surface area (Å²) in [5, 5.41) is 18.4. The summed E-state index contributed by atoms with van der Waals surface area (Å²) in [6.07, 6.45) is 0.0528. The Labute approximate surface area is 100 Å². The summed E-state index contributed by atoms with van der Waals surface area (Å²) in [7, 11) is 0. The van der Waals surface area contributed by atoms with E-state index >= 15 is 0 Å². The molecule has 2 rings (SSSR count). The van der Waals surface area contributed by atoms with Crippen molar-refractivity contribution in [3.63, 3.8) is 0 Å². The lowest BCUT2D eigenvalue weighted by atomic mass is 9.92. The van der Waals surface area contributed by atoms with Gasteiger partial charge in [0.1, 0.15) is 23.2 Å². The fourth-order valence-electron chi connectivity index (χ4n) is 2.00. The number of nitrogens with zero attached hydrogens (tertiary/aromatic N) is 1. The van der Waals surface area contributed by atoms with Gasteiger partial charge in [0.05, 0.1) is 6.10 Å². The summed E-state index contributed by atoms with van der Waals surface area (Å²) in [5.41, 5.74) is 0.383. The van der Waals surface area contributed by atoms with E-state index in [0.717, 1.165) is 5.56 Å². The highest BCUT2D eigenvalue weighted by Gasteiger charge is 2.32. The molecule has 1 N–H and O–H groups in total. The van der Waals surface area contributed by atoms with Gasteiger partial charge in [-0.1, -0.05) is 0 Å². The van der Waals surface area contributed by atoms with Crippen LogP contribution in [0.2, 0.25) is 0 Å². The van der Waals surface area contributed by atoms with E-state index < -0.39 is 6.10 Å². The Balaban J connectivity index is 2.29. The lowest BCUT2D eigenvalue weighted by Gasteiger charge is -2.35. The number of rotatable bonds is 2. The fourth-order valence-corrected chi connectivity index (χ4v) is 2.00. The molecular weight excluding hydrogens is 218 g/mol. The van der Waals surface area contributed by atoms with Crippen LogP contribution in [0, 0.1) is 11.3 Å². The smallest absolute Gasteiger partial charge is 0.174 e. The molecule has 1 aliphatic heterocycles. The van der Waals surface area contributed by atoms with Crippen LogP contribution < -0.4 is 9.47 Å². The van der Waals surface area contributed by atoms with E-state index in [1.807, 2.05) is 19.9 Å². The molecule has 0 aliphatic carbocycles. The molecule has 0 saturated carbocycles. The molecule has 1 aromatic carbocycles. The Morgan fingerprint density at radius 2 is 2.35 bits per heavy atom. The molecule has 17 heavy (non-hydrogen) atoms. The topological polar surface area (TPSA) is 62.5 Å². The highest BCUT2D eigenvalue weighted by atomic mass is 16.5. The summed E-state index contributed by atoms with van der Waals surface area (Å²) in [5.74, 6) is 1.21. The third-order valence-electron chi connectivity index (χ3n) is 2.72. The second-order valence-electron chi connectivity index (χ2n) is 4.73. The SMILES string of the molecule is CC1(C)CC(O)c2ccc(OCC#N)cc2O1. The highest BCUT2D eigenvalue weighted by molar-refractivity contribution is 5.43. The van der Waals surface area contributed by atoms with Crippen molar-refractivity contribution >= 4 is 0 Å². The minimum atomic E-state index is -0.515. The number of nitriles is 1. The molecule has 0 radical (unpaired) electrons. The number of aliphatic hydroxyl groups excluding tert-OH is 1. The van der Waals surface area contributed by atoms with Gasteiger partial charge in [-0.3, -0.25) is 0 Å². The number of aliphatic hydroxyl groups is 1. The lowest BCUT2D eigenvalue weighted by Crippen LogP contribution is -2.34. The van der Waals surface area contributed by atoms with Crippen LogP contribution in [0.15, 0.2) is 18.2 Å². The average molecular weight is 233 g/mol. The molecular formula is C13H15NO3. The molecule has 0 amide bonds. The van der Waals surface area contributed by atoms with Crippen LogP contribution in [-0.2, 0) is 0 Å². The number of hydrogen-bond acceptors (Lipinski definition) is 4. The van der Waals surface area contributed by atoms with Crippen LogP contribution in [-0.4, -0.2) is 17.3 Å². The first-order chi connectivity index (χ1) is 8.02. The van der Waals surface area contributed by atoms with Crippen molar-refractivity contribution in [3.05, 3.63) is 23.8 Å². The van der Waals surface area contributed by atoms with Gasteiger partial charge in [0.25, 0.3) is 0 Å². The summed E-state index contributed by atoms with van der Waals surface area (Å²) < 4.78 is 11.0. The minimum Gasteiger partial charge on any atom is -0.487 e. The molecule has 0 bridgehead atoms. The molecule has 4 nitrogen and oxygen atoms in total. The van der Waals surface area contributed by atoms with Gasteiger partial charge in [-0.2, -0.15) is 5.26 Å². The normalized spacial score (nSPS) is 20.9. The van der Waals surface area contributed by atoms with Gasteiger partial charge in [-0.25, -0.2) is 0 Å². The van der Waals surface area contributed by atoms with E-state index in [1.165, 1.54) is 0 Å². The van der Waals surface area contributed by atoms with Crippen molar-refractivity contribution in [2.45, 2.75) is 32.0 Å². The minimum absolute atomic E-state index is 0.00470. The van der Waals surface area contributed by atoms with Crippen molar-refractivity contribution in [1.82, 2.24) is 0 Å². The number of ether oxygens (including phenoxy) is 2. The van der Waals surface area contributed by atoms with Crippen LogP contribution >= 0.6 is 0 Å².